The number of alkyl halides is 3. The Balaban J connectivity index is 0.000000169. The number of anilines is 1. The summed E-state index contributed by atoms with van der Waals surface area (Å²) in [5, 5.41) is 0.533. The Morgan fingerprint density at radius 3 is 1.92 bits per heavy atom. The molecule has 0 radical (unpaired) electrons. The van der Waals surface area contributed by atoms with E-state index in [1.165, 1.54) is 44.6 Å². The Kier molecular flexibility index (Phi) is 9.89. The molecule has 1 amide bonds. The van der Waals surface area contributed by atoms with Crippen molar-refractivity contribution in [3.63, 3.8) is 0 Å². The maximum Gasteiger partial charge on any atom is 0.433 e. The van der Waals surface area contributed by atoms with Crippen LogP contribution >= 0.6 is 0 Å². The summed E-state index contributed by atoms with van der Waals surface area (Å²) < 4.78 is 42.7. The molecule has 5 rings (SSSR count). The number of para-hydroxylation sites is 3. The summed E-state index contributed by atoms with van der Waals surface area (Å²) in [6, 6.07) is 23.5. The summed E-state index contributed by atoms with van der Waals surface area (Å²) in [5.41, 5.74) is 10.5. The number of carbonyl (C=O) groups is 1. The number of hydrogen-bond acceptors (Lipinski definition) is 4. The van der Waals surface area contributed by atoms with Gasteiger partial charge in [-0.3, -0.25) is 4.79 Å². The predicted octanol–water partition coefficient (Wildman–Crippen LogP) is 7.75. The minimum Gasteiger partial charge on any atom is -0.457 e. The highest BCUT2D eigenvalue weighted by Gasteiger charge is 2.33. The van der Waals surface area contributed by atoms with Gasteiger partial charge in [0.25, 0.3) is 5.91 Å². The number of primary amides is 1. The van der Waals surface area contributed by atoms with Gasteiger partial charge in [0.05, 0.1) is 11.1 Å². The van der Waals surface area contributed by atoms with Crippen molar-refractivity contribution >= 4 is 22.5 Å². The SMILES string of the molecule is C1CCCCC1.NC(=O)c1ccccc1Oc1ccccc1.Nc1cc(C(F)(F)F)nc2ccccc12. The van der Waals surface area contributed by atoms with Crippen LogP contribution in [-0.4, -0.2) is 10.9 Å². The zero-order valence-corrected chi connectivity index (χ0v) is 20.4. The molecule has 0 saturated heterocycles. The van der Waals surface area contributed by atoms with Crippen molar-refractivity contribution in [2.24, 2.45) is 5.73 Å². The Hall–Kier alpha value is -4.07. The highest BCUT2D eigenvalue weighted by atomic mass is 19.4. The number of rotatable bonds is 3. The van der Waals surface area contributed by atoms with E-state index in [2.05, 4.69) is 4.98 Å². The predicted molar refractivity (Wildman–Crippen MR) is 140 cm³/mol. The number of hydrogen-bond donors (Lipinski definition) is 2. The van der Waals surface area contributed by atoms with Crippen LogP contribution in [0.2, 0.25) is 0 Å². The fourth-order valence-corrected chi connectivity index (χ4v) is 3.78. The third kappa shape index (κ3) is 8.52. The van der Waals surface area contributed by atoms with Crippen molar-refractivity contribution in [2.75, 3.05) is 5.73 Å². The second kappa shape index (κ2) is 13.3. The van der Waals surface area contributed by atoms with Gasteiger partial charge >= 0.3 is 6.18 Å². The first-order valence-electron chi connectivity index (χ1n) is 12.1. The molecule has 1 heterocycles. The zero-order chi connectivity index (χ0) is 26.7. The first-order chi connectivity index (χ1) is 17.8. The minimum atomic E-state index is -4.46. The van der Waals surface area contributed by atoms with E-state index >= 15 is 0 Å². The topological polar surface area (TPSA) is 91.2 Å². The van der Waals surface area contributed by atoms with E-state index < -0.39 is 17.8 Å². The molecule has 3 aromatic carbocycles. The van der Waals surface area contributed by atoms with Crippen molar-refractivity contribution in [2.45, 2.75) is 44.7 Å². The van der Waals surface area contributed by atoms with Gasteiger partial charge in [-0.1, -0.05) is 87.1 Å². The molecule has 1 aliphatic rings. The summed E-state index contributed by atoms with van der Waals surface area (Å²) in [4.78, 5) is 14.7. The van der Waals surface area contributed by atoms with Crippen LogP contribution in [0, 0.1) is 0 Å². The normalized spacial score (nSPS) is 12.9. The summed E-state index contributed by atoms with van der Waals surface area (Å²) in [5.74, 6) is 0.656. The quantitative estimate of drug-likeness (QED) is 0.295. The number of nitrogen functional groups attached to an aromatic ring is 1. The molecule has 0 unspecified atom stereocenters. The van der Waals surface area contributed by atoms with Crippen molar-refractivity contribution in [1.29, 1.82) is 0 Å². The molecule has 194 valence electrons. The molecule has 4 N–H and O–H groups in total. The van der Waals surface area contributed by atoms with E-state index in [4.69, 9.17) is 16.2 Å². The Morgan fingerprint density at radius 2 is 1.32 bits per heavy atom. The number of carbonyl (C=O) groups excluding carboxylic acids is 1. The van der Waals surface area contributed by atoms with Gasteiger partial charge < -0.3 is 16.2 Å². The van der Waals surface area contributed by atoms with Crippen LogP contribution in [0.5, 0.6) is 11.5 Å². The van der Waals surface area contributed by atoms with Crippen molar-refractivity contribution in [3.05, 3.63) is 96.2 Å². The summed E-state index contributed by atoms with van der Waals surface area (Å²) in [6.07, 6.45) is 4.54. The van der Waals surface area contributed by atoms with E-state index in [-0.39, 0.29) is 11.2 Å². The molecule has 0 aliphatic heterocycles. The standard InChI is InChI=1S/C13H11NO2.C10H7F3N2.C6H12/c14-13(15)11-8-4-5-9-12(11)16-10-6-2-1-3-7-10;11-10(12,13)9-5-7(14)6-3-1-2-4-8(6)15-9;1-2-4-6-5-3-1/h1-9H,(H2,14,15);1-5H,(H2,14,15);1-6H2. The van der Waals surface area contributed by atoms with Gasteiger partial charge in [0.15, 0.2) is 0 Å². The maximum atomic E-state index is 12.4. The number of fused-ring (bicyclic) bond motifs is 1. The van der Waals surface area contributed by atoms with Crippen LogP contribution in [0.15, 0.2) is 84.9 Å². The second-order valence-electron chi connectivity index (χ2n) is 8.51. The van der Waals surface area contributed by atoms with Gasteiger partial charge in [-0.05, 0) is 36.4 Å². The first kappa shape index (κ1) is 27.5. The van der Waals surface area contributed by atoms with Crippen molar-refractivity contribution in [3.8, 4) is 11.5 Å². The molecule has 0 bridgehead atoms. The van der Waals surface area contributed by atoms with E-state index in [9.17, 15) is 18.0 Å². The summed E-state index contributed by atoms with van der Waals surface area (Å²) >= 11 is 0. The van der Waals surface area contributed by atoms with Crippen molar-refractivity contribution < 1.29 is 22.7 Å². The van der Waals surface area contributed by atoms with Crippen LogP contribution < -0.4 is 16.2 Å². The highest BCUT2D eigenvalue weighted by Crippen LogP contribution is 2.31. The molecule has 5 nitrogen and oxygen atoms in total. The van der Waals surface area contributed by atoms with Crippen LogP contribution in [-0.2, 0) is 6.18 Å². The molecule has 1 aliphatic carbocycles. The molecule has 4 aromatic rings. The molecule has 8 heteroatoms. The molecule has 1 fully saturated rings. The Bertz CT molecular complexity index is 1280. The molecular weight excluding hydrogens is 479 g/mol. The van der Waals surface area contributed by atoms with Crippen LogP contribution in [0.4, 0.5) is 18.9 Å². The second-order valence-corrected chi connectivity index (χ2v) is 8.51. The van der Waals surface area contributed by atoms with E-state index in [1.54, 1.807) is 42.5 Å². The fraction of sp³-hybridized carbons (Fsp3) is 0.241. The van der Waals surface area contributed by atoms with E-state index in [1.807, 2.05) is 30.3 Å². The Labute approximate surface area is 214 Å². The smallest absolute Gasteiger partial charge is 0.433 e. The first-order valence-corrected chi connectivity index (χ1v) is 12.1. The van der Waals surface area contributed by atoms with Gasteiger partial charge in [0, 0.05) is 11.1 Å². The number of nitrogens with two attached hydrogens (primary N) is 2. The van der Waals surface area contributed by atoms with Gasteiger partial charge in [-0.15, -0.1) is 0 Å². The lowest BCUT2D eigenvalue weighted by Gasteiger charge is -2.08. The number of aromatic nitrogens is 1. The largest absolute Gasteiger partial charge is 0.457 e. The highest BCUT2D eigenvalue weighted by molar-refractivity contribution is 5.95. The fourth-order valence-electron chi connectivity index (χ4n) is 3.78. The van der Waals surface area contributed by atoms with Gasteiger partial charge in [-0.25, -0.2) is 4.98 Å². The van der Waals surface area contributed by atoms with Crippen LogP contribution in [0.3, 0.4) is 0 Å². The number of benzene rings is 3. The summed E-state index contributed by atoms with van der Waals surface area (Å²) in [7, 11) is 0. The Morgan fingerprint density at radius 1 is 0.784 bits per heavy atom. The number of pyridine rings is 1. The van der Waals surface area contributed by atoms with Gasteiger partial charge in [0.2, 0.25) is 0 Å². The lowest BCUT2D eigenvalue weighted by molar-refractivity contribution is -0.140. The molecule has 1 saturated carbocycles. The third-order valence-corrected chi connectivity index (χ3v) is 5.66. The van der Waals surface area contributed by atoms with Gasteiger partial charge in [0.1, 0.15) is 17.2 Å². The average Bonchev–Trinajstić information content (AvgIpc) is 2.91. The van der Waals surface area contributed by atoms with Crippen LogP contribution in [0.25, 0.3) is 10.9 Å². The maximum absolute atomic E-state index is 12.4. The third-order valence-electron chi connectivity index (χ3n) is 5.66. The number of ether oxygens (including phenoxy) is 1. The van der Waals surface area contributed by atoms with Crippen molar-refractivity contribution in [1.82, 2.24) is 4.98 Å². The molecule has 1 aromatic heterocycles. The van der Waals surface area contributed by atoms with E-state index in [0.29, 0.717) is 22.4 Å². The number of nitrogens with zero attached hydrogens (tertiary/aromatic N) is 1. The number of halogens is 3. The minimum absolute atomic E-state index is 0.0907. The molecule has 0 atom stereocenters. The average molecular weight is 510 g/mol. The molecule has 0 spiro atoms. The van der Waals surface area contributed by atoms with Crippen LogP contribution in [0.1, 0.15) is 54.6 Å². The monoisotopic (exact) mass is 509 g/mol. The van der Waals surface area contributed by atoms with Gasteiger partial charge in [-0.2, -0.15) is 13.2 Å². The van der Waals surface area contributed by atoms with E-state index in [0.717, 1.165) is 6.07 Å². The molecular formula is C29H30F3N3O2. The lowest BCUT2D eigenvalue weighted by atomic mass is 10.0. The molecule has 37 heavy (non-hydrogen) atoms. The number of amides is 1. The zero-order valence-electron chi connectivity index (χ0n) is 20.4. The lowest BCUT2D eigenvalue weighted by Crippen LogP contribution is -2.11. The summed E-state index contributed by atoms with van der Waals surface area (Å²) in [6.45, 7) is 0.